The summed E-state index contributed by atoms with van der Waals surface area (Å²) in [4.78, 5) is 22.4. The van der Waals surface area contributed by atoms with Gasteiger partial charge in [-0.05, 0) is 221 Å². The highest BCUT2D eigenvalue weighted by Crippen LogP contribution is 2.29. The monoisotopic (exact) mass is 1340 g/mol. The fourth-order valence-electron chi connectivity index (χ4n) is 10.6. The maximum absolute atomic E-state index is 11.2. The number of aliphatic hydroxyl groups excluding tert-OH is 5. The number of esters is 2. The van der Waals surface area contributed by atoms with Crippen LogP contribution < -0.4 is 18.9 Å². The van der Waals surface area contributed by atoms with Crippen molar-refractivity contribution >= 4 is 11.9 Å². The van der Waals surface area contributed by atoms with Gasteiger partial charge in [-0.1, -0.05) is 108 Å². The molecule has 4 atom stereocenters. The molecular formula is C81H92O17. The second kappa shape index (κ2) is 38.9. The van der Waals surface area contributed by atoms with Gasteiger partial charge in [0, 0.05) is 12.2 Å². The van der Waals surface area contributed by atoms with Crippen LogP contribution in [0.3, 0.4) is 0 Å². The van der Waals surface area contributed by atoms with Crippen molar-refractivity contribution in [2.24, 2.45) is 0 Å². The first kappa shape index (κ1) is 74.2. The average Bonchev–Trinajstić information content (AvgIpc) is 1.30. The van der Waals surface area contributed by atoms with Crippen LogP contribution in [0.2, 0.25) is 0 Å². The van der Waals surface area contributed by atoms with E-state index in [9.17, 15) is 35.1 Å². The Hall–Kier alpha value is -9.62. The Bertz CT molecular complexity index is 3470. The molecule has 4 aromatic carbocycles. The molecule has 0 amide bonds. The summed E-state index contributed by atoms with van der Waals surface area (Å²) in [6.45, 7) is 15.3. The molecule has 518 valence electrons. The molecule has 0 saturated carbocycles. The van der Waals surface area contributed by atoms with Gasteiger partial charge in [-0.2, -0.15) is 0 Å². The van der Waals surface area contributed by atoms with E-state index in [0.717, 1.165) is 60.1 Å². The molecule has 8 rings (SSSR count). The number of hydrogen-bond donors (Lipinski definition) is 5. The summed E-state index contributed by atoms with van der Waals surface area (Å²) in [5, 5.41) is 52.1. The summed E-state index contributed by atoms with van der Waals surface area (Å²) in [6, 6.07) is 31.5. The Kier molecular flexibility index (Phi) is 29.5. The van der Waals surface area contributed by atoms with E-state index in [1.165, 1.54) is 44.6 Å². The number of carbonyl (C=O) groups excluding carboxylic acids is 2. The predicted molar refractivity (Wildman–Crippen MR) is 377 cm³/mol. The van der Waals surface area contributed by atoms with E-state index in [2.05, 4.69) is 53.0 Å². The first-order valence-electron chi connectivity index (χ1n) is 33.1. The fraction of sp³-hybridized carbons (Fsp3) is 0.333. The third kappa shape index (κ3) is 25.7. The van der Waals surface area contributed by atoms with Gasteiger partial charge in [-0.15, -0.1) is 0 Å². The molecule has 98 heavy (non-hydrogen) atoms. The second-order valence-corrected chi connectivity index (χ2v) is 24.5. The van der Waals surface area contributed by atoms with Gasteiger partial charge in [0.05, 0.1) is 0 Å². The zero-order valence-electron chi connectivity index (χ0n) is 56.5. The summed E-state index contributed by atoms with van der Waals surface area (Å²) >= 11 is 0. The van der Waals surface area contributed by atoms with E-state index < -0.39 is 42.5 Å². The van der Waals surface area contributed by atoms with Crippen molar-refractivity contribution in [1.82, 2.24) is 0 Å². The van der Waals surface area contributed by atoms with Gasteiger partial charge < -0.3 is 72.9 Å². The largest absolute Gasteiger partial charge is 0.491 e. The molecule has 0 bridgehead atoms. The van der Waals surface area contributed by atoms with E-state index in [-0.39, 0.29) is 66.1 Å². The Labute approximate surface area is 575 Å². The molecule has 4 aliphatic rings. The third-order valence-electron chi connectivity index (χ3n) is 16.4. The van der Waals surface area contributed by atoms with Crippen molar-refractivity contribution in [2.75, 3.05) is 66.1 Å². The zero-order valence-corrected chi connectivity index (χ0v) is 56.5. The summed E-state index contributed by atoms with van der Waals surface area (Å²) in [5.74, 6) is 4.15. The van der Waals surface area contributed by atoms with E-state index in [0.29, 0.717) is 71.7 Å². The van der Waals surface area contributed by atoms with Crippen molar-refractivity contribution < 1.29 is 82.5 Å². The summed E-state index contributed by atoms with van der Waals surface area (Å²) < 4.78 is 56.5. The van der Waals surface area contributed by atoms with E-state index in [1.807, 2.05) is 158 Å². The number of benzene rings is 4. The molecule has 0 spiro atoms. The number of carbonyl (C=O) groups is 2. The van der Waals surface area contributed by atoms with Crippen LogP contribution in [-0.2, 0) is 63.7 Å². The summed E-state index contributed by atoms with van der Waals surface area (Å²) in [7, 11) is 0. The lowest BCUT2D eigenvalue weighted by Crippen LogP contribution is -2.25. The fourth-order valence-corrected chi connectivity index (χ4v) is 10.6. The molecular weight excluding hydrogens is 1240 g/mol. The van der Waals surface area contributed by atoms with Gasteiger partial charge in [0.25, 0.3) is 0 Å². The maximum Gasteiger partial charge on any atom is 0.330 e. The minimum atomic E-state index is -0.939. The van der Waals surface area contributed by atoms with Gasteiger partial charge in [0.2, 0.25) is 0 Å². The number of hydrogen-bond acceptors (Lipinski definition) is 17. The molecule has 0 aliphatic heterocycles. The molecule has 0 radical (unpaired) electrons. The summed E-state index contributed by atoms with van der Waals surface area (Å²) in [5.41, 5.74) is 14.2. The predicted octanol–water partition coefficient (Wildman–Crippen LogP) is 12.4. The van der Waals surface area contributed by atoms with Crippen molar-refractivity contribution in [3.05, 3.63) is 285 Å². The molecule has 0 heterocycles. The van der Waals surface area contributed by atoms with Gasteiger partial charge in [0.15, 0.2) is 0 Å². The quantitative estimate of drug-likeness (QED) is 0.0208. The first-order valence-corrected chi connectivity index (χ1v) is 33.1. The topological polar surface area (TPSA) is 228 Å². The molecule has 0 saturated heterocycles. The lowest BCUT2D eigenvalue weighted by atomic mass is 9.96. The molecule has 4 unspecified atom stereocenters. The van der Waals surface area contributed by atoms with E-state index >= 15 is 0 Å². The van der Waals surface area contributed by atoms with Gasteiger partial charge in [0.1, 0.15) is 143 Å². The lowest BCUT2D eigenvalue weighted by molar-refractivity contribution is -0.142. The van der Waals surface area contributed by atoms with Crippen LogP contribution in [0.1, 0.15) is 75.6 Å². The van der Waals surface area contributed by atoms with Crippen LogP contribution >= 0.6 is 0 Å². The van der Waals surface area contributed by atoms with Gasteiger partial charge in [-0.25, -0.2) is 9.59 Å². The minimum Gasteiger partial charge on any atom is -0.491 e. The first-order chi connectivity index (χ1) is 47.4. The molecule has 17 heteroatoms. The molecule has 0 aromatic heterocycles. The number of ether oxygens (including phenoxy) is 10. The van der Waals surface area contributed by atoms with Crippen LogP contribution in [-0.4, -0.2) is 134 Å². The molecule has 4 aliphatic carbocycles. The van der Waals surface area contributed by atoms with Crippen LogP contribution in [0.15, 0.2) is 263 Å². The average molecular weight is 1340 g/mol. The Morgan fingerprint density at radius 2 is 0.531 bits per heavy atom. The van der Waals surface area contributed by atoms with E-state index in [1.54, 1.807) is 0 Å². The number of allylic oxidation sites excluding steroid dienone is 20. The molecule has 17 nitrogen and oxygen atoms in total. The number of aliphatic hydroxyl groups is 5. The Balaban J connectivity index is 0.647. The Morgan fingerprint density at radius 3 is 0.724 bits per heavy atom. The van der Waals surface area contributed by atoms with Crippen LogP contribution in [0.4, 0.5) is 0 Å². The van der Waals surface area contributed by atoms with E-state index in [4.69, 9.17) is 47.4 Å². The van der Waals surface area contributed by atoms with Gasteiger partial charge >= 0.3 is 11.9 Å². The zero-order chi connectivity index (χ0) is 69.6. The highest BCUT2D eigenvalue weighted by Gasteiger charge is 2.17. The highest BCUT2D eigenvalue weighted by molar-refractivity contribution is 5.81. The van der Waals surface area contributed by atoms with Crippen molar-refractivity contribution in [3.8, 4) is 23.0 Å². The number of rotatable bonds is 38. The van der Waals surface area contributed by atoms with Crippen LogP contribution in [0.25, 0.3) is 0 Å². The van der Waals surface area contributed by atoms with Crippen molar-refractivity contribution in [3.63, 3.8) is 0 Å². The second-order valence-electron chi connectivity index (χ2n) is 24.5. The van der Waals surface area contributed by atoms with Crippen molar-refractivity contribution in [1.29, 1.82) is 0 Å². The summed E-state index contributed by atoms with van der Waals surface area (Å²) in [6.07, 6.45) is 27.3. The van der Waals surface area contributed by atoms with Crippen LogP contribution in [0, 0.1) is 0 Å². The standard InChI is InChI=1S/C81H92O17/c1-7-80(87)97-53-70(85)51-95-78-37-21-65(22-38-78)57(5)43-61-13-29-74(30-14-61)91-47-68(83)49-93-76-33-17-63(18-34-76)55(3)41-59-9-25-72(26-10-59)89-45-67(82)46-90-73-27-11-60(12-28-73)42-56(4)64-19-35-77(36-20-64)94-50-69(84)48-92-75-31-15-62(16-32-75)44-58(6)66-23-39-79(40-24-66)96-52-71(86)54-98-81(88)8-2/h7-17,19,21,23,25-40,67-71,82-86H,1-2,18,20,22,24,41-54H2,3-6H3/b63-55-,64-56-,65-57-,66-58-. The van der Waals surface area contributed by atoms with Crippen LogP contribution in [0.5, 0.6) is 23.0 Å². The molecule has 4 aromatic rings. The van der Waals surface area contributed by atoms with Crippen molar-refractivity contribution in [2.45, 2.75) is 110 Å². The molecule has 5 N–H and O–H groups in total. The third-order valence-corrected chi connectivity index (χ3v) is 16.4. The highest BCUT2D eigenvalue weighted by atomic mass is 16.6. The minimum absolute atomic E-state index is 0.00652. The lowest BCUT2D eigenvalue weighted by Gasteiger charge is -2.17. The maximum atomic E-state index is 11.2. The SMILES string of the molecule is C=CC(=O)OCC(O)COC1=CC/C(=C(/C)Cc2ccc(OCC(O)COC3=CC/C(=C(/C)Cc4ccc(OCC(O)COc5ccc(C/C(C)=C6/C=CC(OCC(O)COc7ccc(C/C(C)=C8/C=CC(OCC(O)COC(=O)C=C)=CC8)cc7)=CC6)cc5)cc4)C=C3)cc2)C=C1. The van der Waals surface area contributed by atoms with Gasteiger partial charge in [-0.3, -0.25) is 0 Å². The molecule has 0 fully saturated rings. The normalized spacial score (nSPS) is 17.8. The smallest absolute Gasteiger partial charge is 0.330 e. The Morgan fingerprint density at radius 1 is 0.327 bits per heavy atom.